The van der Waals surface area contributed by atoms with E-state index in [1.54, 1.807) is 36.8 Å². The molecular weight excluding hydrogens is 392 g/mol. The van der Waals surface area contributed by atoms with E-state index < -0.39 is 0 Å². The van der Waals surface area contributed by atoms with Crippen LogP contribution in [0.15, 0.2) is 41.3 Å². The van der Waals surface area contributed by atoms with Crippen LogP contribution in [0.4, 0.5) is 5.82 Å². The Labute approximate surface area is 150 Å². The summed E-state index contributed by atoms with van der Waals surface area (Å²) in [6.45, 7) is 0.543. The molecule has 3 aromatic heterocycles. The van der Waals surface area contributed by atoms with E-state index in [-0.39, 0.29) is 12.6 Å². The number of fused-ring (bicyclic) bond motifs is 1. The number of carbonyl (C=O) groups is 1. The van der Waals surface area contributed by atoms with Crippen molar-refractivity contribution in [3.8, 4) is 6.07 Å². The lowest BCUT2D eigenvalue weighted by Crippen LogP contribution is -2.14. The Morgan fingerprint density at radius 3 is 3.12 bits per heavy atom. The van der Waals surface area contributed by atoms with Crippen LogP contribution in [0.25, 0.3) is 10.1 Å². The van der Waals surface area contributed by atoms with Gasteiger partial charge in [-0.2, -0.15) is 5.26 Å². The van der Waals surface area contributed by atoms with Crippen LogP contribution in [-0.2, 0) is 4.74 Å². The third kappa shape index (κ3) is 3.53. The van der Waals surface area contributed by atoms with Gasteiger partial charge >= 0.3 is 5.97 Å². The third-order valence-electron chi connectivity index (χ3n) is 3.15. The van der Waals surface area contributed by atoms with Crippen LogP contribution in [0, 0.1) is 11.3 Å². The van der Waals surface area contributed by atoms with Crippen molar-refractivity contribution >= 4 is 49.1 Å². The van der Waals surface area contributed by atoms with Crippen LogP contribution < -0.4 is 5.32 Å². The third-order valence-corrected chi connectivity index (χ3v) is 4.84. The van der Waals surface area contributed by atoms with Crippen LogP contribution in [-0.4, -0.2) is 29.1 Å². The first-order chi connectivity index (χ1) is 11.7. The molecule has 0 saturated carbocycles. The fraction of sp³-hybridized carbons (Fsp3) is 0.125. The topological polar surface area (TPSA) is 87.9 Å². The quantitative estimate of drug-likeness (QED) is 0.518. The molecule has 0 amide bonds. The molecule has 6 nitrogen and oxygen atoms in total. The molecule has 0 aliphatic carbocycles. The molecule has 0 unspecified atom stereocenters. The Balaban J connectivity index is 1.57. The lowest BCUT2D eigenvalue weighted by Gasteiger charge is -2.07. The zero-order chi connectivity index (χ0) is 16.9. The monoisotopic (exact) mass is 402 g/mol. The van der Waals surface area contributed by atoms with Gasteiger partial charge in [-0.3, -0.25) is 4.98 Å². The van der Waals surface area contributed by atoms with Crippen molar-refractivity contribution in [3.05, 3.63) is 51.7 Å². The molecule has 0 aliphatic rings. The number of hydrogen-bond donors (Lipinski definition) is 1. The normalized spacial score (nSPS) is 10.3. The molecule has 24 heavy (non-hydrogen) atoms. The number of esters is 1. The van der Waals surface area contributed by atoms with Crippen molar-refractivity contribution in [1.29, 1.82) is 5.26 Å². The number of anilines is 1. The van der Waals surface area contributed by atoms with E-state index in [2.05, 4.69) is 31.2 Å². The summed E-state index contributed by atoms with van der Waals surface area (Å²) in [5.74, 6) is 0.0966. The van der Waals surface area contributed by atoms with Gasteiger partial charge in [-0.1, -0.05) is 0 Å². The molecule has 120 valence electrons. The zero-order valence-electron chi connectivity index (χ0n) is 12.3. The summed E-state index contributed by atoms with van der Waals surface area (Å²) < 4.78 is 7.02. The van der Waals surface area contributed by atoms with Gasteiger partial charge in [0.2, 0.25) is 0 Å². The van der Waals surface area contributed by atoms with Gasteiger partial charge in [-0.05, 0) is 34.1 Å². The van der Waals surface area contributed by atoms with Gasteiger partial charge in [0.25, 0.3) is 0 Å². The predicted octanol–water partition coefficient (Wildman–Crippen LogP) is 3.59. The average molecular weight is 403 g/mol. The van der Waals surface area contributed by atoms with Crippen molar-refractivity contribution in [2.45, 2.75) is 0 Å². The van der Waals surface area contributed by atoms with Gasteiger partial charge in [-0.25, -0.2) is 9.78 Å². The fourth-order valence-electron chi connectivity index (χ4n) is 2.05. The van der Waals surface area contributed by atoms with E-state index in [0.717, 1.165) is 14.6 Å². The molecule has 0 aliphatic heterocycles. The summed E-state index contributed by atoms with van der Waals surface area (Å²) in [4.78, 5) is 20.8. The van der Waals surface area contributed by atoms with E-state index in [1.165, 1.54) is 11.3 Å². The van der Waals surface area contributed by atoms with Gasteiger partial charge in [-0.15, -0.1) is 11.3 Å². The Bertz CT molecular complexity index is 935. The minimum absolute atomic E-state index is 0.175. The highest BCUT2D eigenvalue weighted by Crippen LogP contribution is 2.30. The van der Waals surface area contributed by atoms with Gasteiger partial charge in [0.05, 0.1) is 16.8 Å². The first kappa shape index (κ1) is 16.4. The molecule has 8 heteroatoms. The lowest BCUT2D eigenvalue weighted by atomic mass is 10.3. The summed E-state index contributed by atoms with van der Waals surface area (Å²) in [5, 5.41) is 12.9. The largest absolute Gasteiger partial charge is 0.460 e. The van der Waals surface area contributed by atoms with E-state index in [9.17, 15) is 4.79 Å². The summed E-state index contributed by atoms with van der Waals surface area (Å²) in [6, 6.07) is 7.20. The Morgan fingerprint density at radius 2 is 2.33 bits per heavy atom. The molecule has 0 saturated heterocycles. The minimum atomic E-state index is -0.383. The molecule has 0 atom stereocenters. The number of aromatic nitrogens is 2. The van der Waals surface area contributed by atoms with Crippen molar-refractivity contribution in [2.24, 2.45) is 0 Å². The van der Waals surface area contributed by atoms with Gasteiger partial charge < -0.3 is 10.1 Å². The van der Waals surface area contributed by atoms with Gasteiger partial charge in [0.15, 0.2) is 0 Å². The zero-order valence-corrected chi connectivity index (χ0v) is 14.7. The second-order valence-corrected chi connectivity index (χ2v) is 6.66. The minimum Gasteiger partial charge on any atom is -0.460 e. The average Bonchev–Trinajstić information content (AvgIpc) is 3.04. The number of thiophene rings is 1. The van der Waals surface area contributed by atoms with Crippen LogP contribution in [0.3, 0.4) is 0 Å². The highest BCUT2D eigenvalue weighted by atomic mass is 79.9. The second-order valence-electron chi connectivity index (χ2n) is 4.72. The van der Waals surface area contributed by atoms with Crippen LogP contribution in [0.2, 0.25) is 0 Å². The number of nitrogens with one attached hydrogen (secondary N) is 1. The number of ether oxygens (including phenoxy) is 1. The molecule has 0 aromatic carbocycles. The summed E-state index contributed by atoms with van der Waals surface area (Å²) >= 11 is 4.75. The standard InChI is InChI=1S/C16H11BrN4O2S/c17-12-8-19-9-14-11(12)6-13(24-14)16(22)23-5-4-21-15-10(7-18)2-1-3-20-15/h1-3,6,8-9H,4-5H2,(H,20,21). The van der Waals surface area contributed by atoms with E-state index >= 15 is 0 Å². The molecular formula is C16H11BrN4O2S. The number of nitriles is 1. The summed E-state index contributed by atoms with van der Waals surface area (Å²) in [7, 11) is 0. The van der Waals surface area contributed by atoms with Gasteiger partial charge in [0, 0.05) is 28.4 Å². The van der Waals surface area contributed by atoms with Crippen molar-refractivity contribution in [3.63, 3.8) is 0 Å². The number of hydrogen-bond acceptors (Lipinski definition) is 7. The van der Waals surface area contributed by atoms with E-state index in [1.807, 2.05) is 6.07 Å². The molecule has 0 bridgehead atoms. The first-order valence-corrected chi connectivity index (χ1v) is 8.59. The van der Waals surface area contributed by atoms with Crippen LogP contribution >= 0.6 is 27.3 Å². The molecule has 3 rings (SSSR count). The number of nitrogens with zero attached hydrogens (tertiary/aromatic N) is 3. The highest BCUT2D eigenvalue weighted by molar-refractivity contribution is 9.10. The maximum Gasteiger partial charge on any atom is 0.348 e. The lowest BCUT2D eigenvalue weighted by molar-refractivity contribution is 0.0526. The van der Waals surface area contributed by atoms with Crippen LogP contribution in [0.1, 0.15) is 15.2 Å². The SMILES string of the molecule is N#Cc1cccnc1NCCOC(=O)c1cc2c(Br)cncc2s1. The maximum atomic E-state index is 12.1. The molecule has 0 spiro atoms. The maximum absolute atomic E-state index is 12.1. The van der Waals surface area contributed by atoms with Crippen molar-refractivity contribution in [2.75, 3.05) is 18.5 Å². The first-order valence-electron chi connectivity index (χ1n) is 6.98. The number of rotatable bonds is 5. The number of carbonyl (C=O) groups excluding carboxylic acids is 1. The smallest absolute Gasteiger partial charge is 0.348 e. The Kier molecular flexibility index (Phi) is 5.03. The molecule has 0 radical (unpaired) electrons. The second kappa shape index (κ2) is 7.38. The predicted molar refractivity (Wildman–Crippen MR) is 95.0 cm³/mol. The van der Waals surface area contributed by atoms with Crippen molar-refractivity contribution < 1.29 is 9.53 Å². The Morgan fingerprint density at radius 1 is 1.46 bits per heavy atom. The van der Waals surface area contributed by atoms with Gasteiger partial charge in [0.1, 0.15) is 23.4 Å². The molecule has 1 N–H and O–H groups in total. The van der Waals surface area contributed by atoms with E-state index in [0.29, 0.717) is 22.8 Å². The molecule has 3 aromatic rings. The number of halogens is 1. The fourth-order valence-corrected chi connectivity index (χ4v) is 3.57. The summed E-state index contributed by atoms with van der Waals surface area (Å²) in [5.41, 5.74) is 0.450. The highest BCUT2D eigenvalue weighted by Gasteiger charge is 2.13. The summed E-state index contributed by atoms with van der Waals surface area (Å²) in [6.07, 6.45) is 5.00. The molecule has 3 heterocycles. The van der Waals surface area contributed by atoms with E-state index in [4.69, 9.17) is 10.00 Å². The van der Waals surface area contributed by atoms with Crippen molar-refractivity contribution in [1.82, 2.24) is 9.97 Å². The number of pyridine rings is 2. The molecule has 0 fully saturated rings. The van der Waals surface area contributed by atoms with Crippen LogP contribution in [0.5, 0.6) is 0 Å². The Hall–Kier alpha value is -2.50.